The van der Waals surface area contributed by atoms with Gasteiger partial charge in [-0.3, -0.25) is 0 Å². The van der Waals surface area contributed by atoms with E-state index in [2.05, 4.69) is 10.2 Å². The molecule has 23 heavy (non-hydrogen) atoms. The zero-order chi connectivity index (χ0) is 16.7. The van der Waals surface area contributed by atoms with Crippen molar-refractivity contribution in [1.82, 2.24) is 14.5 Å². The van der Waals surface area contributed by atoms with E-state index in [4.69, 9.17) is 9.15 Å². The van der Waals surface area contributed by atoms with Gasteiger partial charge < -0.3 is 9.15 Å². The number of nitrogens with zero attached hydrogens (tertiary/aromatic N) is 3. The topological polar surface area (TPSA) is 85.5 Å². The highest BCUT2D eigenvalue weighted by Gasteiger charge is 2.34. The van der Waals surface area contributed by atoms with Crippen LogP contribution in [0.5, 0.6) is 0 Å². The lowest BCUT2D eigenvalue weighted by Gasteiger charge is -2.29. The van der Waals surface area contributed by atoms with E-state index in [1.807, 2.05) is 31.4 Å². The Balaban J connectivity index is 1.82. The first-order chi connectivity index (χ1) is 10.8. The molecule has 126 valence electrons. The second kappa shape index (κ2) is 5.97. The second-order valence-electron chi connectivity index (χ2n) is 6.03. The standard InChI is InChI=1S/C14H19N3O4S2/c1-14(2,11-5-4-8-22-11)13-16-15-12(21-13)10-9-17(6-7-20-10)23(3,18)19/h4-5,8,10H,6-7,9H2,1-3H3/t10-/m0/s1. The Bertz CT molecular complexity index is 768. The number of sulfonamides is 1. The van der Waals surface area contributed by atoms with Crippen molar-refractivity contribution in [3.63, 3.8) is 0 Å². The molecule has 0 bridgehead atoms. The van der Waals surface area contributed by atoms with E-state index in [-0.39, 0.29) is 6.54 Å². The SMILES string of the molecule is CC(C)(c1nnc([C@@H]2CN(S(C)(=O)=O)CCO2)o1)c1cccs1. The van der Waals surface area contributed by atoms with Gasteiger partial charge in [-0.05, 0) is 25.3 Å². The molecule has 1 fully saturated rings. The third-order valence-corrected chi connectivity index (χ3v) is 6.35. The summed E-state index contributed by atoms with van der Waals surface area (Å²) >= 11 is 1.63. The van der Waals surface area contributed by atoms with Crippen molar-refractivity contribution in [1.29, 1.82) is 0 Å². The lowest BCUT2D eigenvalue weighted by atomic mass is 9.91. The van der Waals surface area contributed by atoms with Gasteiger partial charge >= 0.3 is 0 Å². The van der Waals surface area contributed by atoms with Crippen molar-refractivity contribution < 1.29 is 17.6 Å². The lowest BCUT2D eigenvalue weighted by Crippen LogP contribution is -2.41. The van der Waals surface area contributed by atoms with Crippen LogP contribution in [-0.4, -0.2) is 48.9 Å². The van der Waals surface area contributed by atoms with Crippen LogP contribution >= 0.6 is 11.3 Å². The van der Waals surface area contributed by atoms with E-state index in [1.165, 1.54) is 10.6 Å². The summed E-state index contributed by atoms with van der Waals surface area (Å²) in [6.45, 7) is 4.88. The summed E-state index contributed by atoms with van der Waals surface area (Å²) in [5, 5.41) is 10.2. The Labute approximate surface area is 139 Å². The first kappa shape index (κ1) is 16.6. The molecule has 0 saturated carbocycles. The minimum Gasteiger partial charge on any atom is -0.421 e. The molecule has 1 saturated heterocycles. The van der Waals surface area contributed by atoms with Crippen LogP contribution in [0.25, 0.3) is 0 Å². The molecule has 0 N–H and O–H groups in total. The molecule has 3 rings (SSSR count). The van der Waals surface area contributed by atoms with Gasteiger partial charge in [0.15, 0.2) is 0 Å². The number of ether oxygens (including phenoxy) is 1. The number of thiophene rings is 1. The van der Waals surface area contributed by atoms with Gasteiger partial charge in [0.2, 0.25) is 21.8 Å². The van der Waals surface area contributed by atoms with Crippen LogP contribution in [0.4, 0.5) is 0 Å². The van der Waals surface area contributed by atoms with Gasteiger partial charge in [-0.15, -0.1) is 21.5 Å². The van der Waals surface area contributed by atoms with Gasteiger partial charge in [0.05, 0.1) is 18.3 Å². The van der Waals surface area contributed by atoms with Crippen LogP contribution in [-0.2, 0) is 20.2 Å². The molecule has 1 aliphatic heterocycles. The molecule has 0 radical (unpaired) electrons. The first-order valence-corrected chi connectivity index (χ1v) is 9.96. The first-order valence-electron chi connectivity index (χ1n) is 7.23. The largest absolute Gasteiger partial charge is 0.421 e. The molecule has 0 spiro atoms. The van der Waals surface area contributed by atoms with Crippen LogP contribution in [0, 0.1) is 0 Å². The van der Waals surface area contributed by atoms with Gasteiger partial charge in [-0.1, -0.05) is 6.07 Å². The molecule has 3 heterocycles. The van der Waals surface area contributed by atoms with Gasteiger partial charge in [-0.2, -0.15) is 4.31 Å². The third kappa shape index (κ3) is 3.32. The highest BCUT2D eigenvalue weighted by atomic mass is 32.2. The quantitative estimate of drug-likeness (QED) is 0.829. The van der Waals surface area contributed by atoms with Crippen molar-refractivity contribution in [2.75, 3.05) is 26.0 Å². The Kier molecular flexibility index (Phi) is 4.30. The summed E-state index contributed by atoms with van der Waals surface area (Å²) in [6.07, 6.45) is 0.660. The summed E-state index contributed by atoms with van der Waals surface area (Å²) < 4.78 is 36.2. The fourth-order valence-corrected chi connectivity index (χ4v) is 4.09. The van der Waals surface area contributed by atoms with Crippen LogP contribution in [0.2, 0.25) is 0 Å². The van der Waals surface area contributed by atoms with Gasteiger partial charge in [-0.25, -0.2) is 8.42 Å². The van der Waals surface area contributed by atoms with Crippen LogP contribution < -0.4 is 0 Å². The van der Waals surface area contributed by atoms with Gasteiger partial charge in [0.25, 0.3) is 0 Å². The average Bonchev–Trinajstić information content (AvgIpc) is 3.18. The van der Waals surface area contributed by atoms with E-state index in [1.54, 1.807) is 11.3 Å². The molecule has 1 atom stereocenters. The van der Waals surface area contributed by atoms with Crippen molar-refractivity contribution in [2.24, 2.45) is 0 Å². The molecule has 0 aromatic carbocycles. The molecular weight excluding hydrogens is 338 g/mol. The van der Waals surface area contributed by atoms with E-state index >= 15 is 0 Å². The molecular formula is C14H19N3O4S2. The fraction of sp³-hybridized carbons (Fsp3) is 0.571. The number of aromatic nitrogens is 2. The maximum absolute atomic E-state index is 11.7. The molecule has 2 aromatic rings. The molecule has 9 heteroatoms. The summed E-state index contributed by atoms with van der Waals surface area (Å²) in [5.74, 6) is 0.813. The van der Waals surface area contributed by atoms with E-state index in [9.17, 15) is 8.42 Å². The smallest absolute Gasteiger partial charge is 0.246 e. The van der Waals surface area contributed by atoms with Gasteiger partial charge in [0, 0.05) is 18.0 Å². The molecule has 0 unspecified atom stereocenters. The van der Waals surface area contributed by atoms with Crippen molar-refractivity contribution in [3.05, 3.63) is 34.2 Å². The number of hydrogen-bond donors (Lipinski definition) is 0. The Morgan fingerprint density at radius 1 is 1.39 bits per heavy atom. The van der Waals surface area contributed by atoms with Crippen molar-refractivity contribution in [2.45, 2.75) is 25.4 Å². The second-order valence-corrected chi connectivity index (χ2v) is 8.96. The molecule has 7 nitrogen and oxygen atoms in total. The van der Waals surface area contributed by atoms with Gasteiger partial charge in [0.1, 0.15) is 6.10 Å². The number of morpholine rings is 1. The van der Waals surface area contributed by atoms with Crippen molar-refractivity contribution in [3.8, 4) is 0 Å². The van der Waals surface area contributed by atoms with E-state index < -0.39 is 21.5 Å². The fourth-order valence-electron chi connectivity index (χ4n) is 2.43. The molecule has 2 aromatic heterocycles. The zero-order valence-corrected chi connectivity index (χ0v) is 14.9. The van der Waals surface area contributed by atoms with Crippen molar-refractivity contribution >= 4 is 21.4 Å². The van der Waals surface area contributed by atoms with Crippen LogP contribution in [0.1, 0.15) is 36.6 Å². The van der Waals surface area contributed by atoms with Crippen LogP contribution in [0.3, 0.4) is 0 Å². The minimum atomic E-state index is -3.26. The molecule has 0 amide bonds. The maximum Gasteiger partial charge on any atom is 0.246 e. The average molecular weight is 357 g/mol. The summed E-state index contributed by atoms with van der Waals surface area (Å²) in [4.78, 5) is 1.12. The Morgan fingerprint density at radius 2 is 2.17 bits per heavy atom. The van der Waals surface area contributed by atoms with Crippen LogP contribution in [0.15, 0.2) is 21.9 Å². The Hall–Kier alpha value is -1.29. The summed E-state index contributed by atoms with van der Waals surface area (Å²) in [6, 6.07) is 4.00. The van der Waals surface area contributed by atoms with E-state index in [0.29, 0.717) is 24.9 Å². The molecule has 1 aliphatic rings. The highest BCUT2D eigenvalue weighted by Crippen LogP contribution is 2.34. The summed E-state index contributed by atoms with van der Waals surface area (Å²) in [5.41, 5.74) is -0.398. The lowest BCUT2D eigenvalue weighted by molar-refractivity contribution is -0.0179. The predicted molar refractivity (Wildman–Crippen MR) is 85.9 cm³/mol. The van der Waals surface area contributed by atoms with E-state index in [0.717, 1.165) is 4.88 Å². The Morgan fingerprint density at radius 3 is 2.83 bits per heavy atom. The zero-order valence-electron chi connectivity index (χ0n) is 13.2. The third-order valence-electron chi connectivity index (χ3n) is 3.89. The normalized spacial score (nSPS) is 20.7. The monoisotopic (exact) mass is 357 g/mol. The summed E-state index contributed by atoms with van der Waals surface area (Å²) in [7, 11) is -3.26. The number of rotatable bonds is 4. The number of hydrogen-bond acceptors (Lipinski definition) is 7. The molecule has 0 aliphatic carbocycles. The maximum atomic E-state index is 11.7. The predicted octanol–water partition coefficient (Wildman–Crippen LogP) is 1.79. The highest BCUT2D eigenvalue weighted by molar-refractivity contribution is 7.88. The minimum absolute atomic E-state index is 0.194.